The van der Waals surface area contributed by atoms with E-state index in [1.165, 1.54) is 43.9 Å². The molecule has 2 amide bonds. The predicted octanol–water partition coefficient (Wildman–Crippen LogP) is 6.50. The third-order valence-corrected chi connectivity index (χ3v) is 9.11. The van der Waals surface area contributed by atoms with Gasteiger partial charge in [-0.15, -0.1) is 0 Å². The van der Waals surface area contributed by atoms with Gasteiger partial charge in [0.1, 0.15) is 0 Å². The number of benzene rings is 1. The Bertz CT molecular complexity index is 1190. The van der Waals surface area contributed by atoms with E-state index in [-0.39, 0.29) is 41.7 Å². The van der Waals surface area contributed by atoms with Gasteiger partial charge in [-0.1, -0.05) is 43.9 Å². The van der Waals surface area contributed by atoms with Gasteiger partial charge in [0.25, 0.3) is 5.91 Å². The molecular weight excluding hydrogens is 543 g/mol. The maximum atomic E-state index is 13.9. The highest BCUT2D eigenvalue weighted by atomic mass is 19.4. The van der Waals surface area contributed by atoms with Crippen molar-refractivity contribution >= 4 is 11.8 Å². The van der Waals surface area contributed by atoms with E-state index >= 15 is 0 Å². The van der Waals surface area contributed by atoms with Gasteiger partial charge in [0.15, 0.2) is 5.69 Å². The fourth-order valence-electron chi connectivity index (χ4n) is 6.56. The second-order valence-corrected chi connectivity index (χ2v) is 12.3. The van der Waals surface area contributed by atoms with E-state index in [0.717, 1.165) is 77.1 Å². The molecule has 7 nitrogen and oxygen atoms in total. The number of nitrogens with zero attached hydrogens (tertiary/aromatic N) is 3. The summed E-state index contributed by atoms with van der Waals surface area (Å²) in [6.45, 7) is 3.09. The number of amides is 2. The Balaban J connectivity index is 1.33. The van der Waals surface area contributed by atoms with Crippen molar-refractivity contribution in [2.75, 3.05) is 19.6 Å². The Hall–Kier alpha value is -2.88. The second-order valence-electron chi connectivity index (χ2n) is 12.3. The lowest BCUT2D eigenvalue weighted by atomic mass is 9.93. The van der Waals surface area contributed by atoms with Crippen molar-refractivity contribution in [3.05, 3.63) is 41.6 Å². The van der Waals surface area contributed by atoms with Crippen LogP contribution in [0.1, 0.15) is 112 Å². The molecule has 2 heterocycles. The van der Waals surface area contributed by atoms with Crippen molar-refractivity contribution in [3.8, 4) is 11.3 Å². The van der Waals surface area contributed by atoms with Gasteiger partial charge in [-0.25, -0.2) is 0 Å². The number of carbonyl (C=O) groups is 2. The van der Waals surface area contributed by atoms with Crippen molar-refractivity contribution in [1.82, 2.24) is 25.3 Å². The van der Waals surface area contributed by atoms with Crippen LogP contribution < -0.4 is 10.6 Å². The summed E-state index contributed by atoms with van der Waals surface area (Å²) in [6, 6.07) is 6.74. The molecule has 0 unspecified atom stereocenters. The summed E-state index contributed by atoms with van der Waals surface area (Å²) in [5.41, 5.74) is -0.321. The smallest absolute Gasteiger partial charge is 0.353 e. The summed E-state index contributed by atoms with van der Waals surface area (Å²) in [5, 5.41) is 10.7. The molecule has 230 valence electrons. The molecule has 1 aromatic heterocycles. The van der Waals surface area contributed by atoms with Crippen molar-refractivity contribution in [1.29, 1.82) is 0 Å². The number of rotatable bonds is 11. The number of nitrogens with one attached hydrogen (secondary N) is 2. The maximum Gasteiger partial charge on any atom is 0.417 e. The van der Waals surface area contributed by atoms with Gasteiger partial charge in [-0.05, 0) is 89.6 Å². The van der Waals surface area contributed by atoms with Crippen LogP contribution in [-0.2, 0) is 11.0 Å². The minimum atomic E-state index is -4.53. The normalized spacial score (nSPS) is 19.7. The topological polar surface area (TPSA) is 79.3 Å². The average Bonchev–Trinajstić information content (AvgIpc) is 3.56. The van der Waals surface area contributed by atoms with E-state index < -0.39 is 17.6 Å². The number of hydrogen-bond donors (Lipinski definition) is 2. The van der Waals surface area contributed by atoms with Crippen LogP contribution in [0.25, 0.3) is 11.3 Å². The fourth-order valence-corrected chi connectivity index (χ4v) is 6.56. The highest BCUT2D eigenvalue weighted by Gasteiger charge is 2.35. The van der Waals surface area contributed by atoms with E-state index in [1.54, 1.807) is 10.7 Å². The Kier molecular flexibility index (Phi) is 10.2. The average molecular weight is 588 g/mol. The van der Waals surface area contributed by atoms with Gasteiger partial charge < -0.3 is 15.5 Å². The Morgan fingerprint density at radius 2 is 1.67 bits per heavy atom. The molecule has 0 spiro atoms. The van der Waals surface area contributed by atoms with Crippen LogP contribution in [0.4, 0.5) is 13.2 Å². The molecule has 3 aliphatic rings. The second kappa shape index (κ2) is 14.1. The first kappa shape index (κ1) is 30.6. The molecule has 2 N–H and O–H groups in total. The number of aromatic nitrogens is 2. The zero-order valence-electron chi connectivity index (χ0n) is 24.4. The van der Waals surface area contributed by atoms with Gasteiger partial charge >= 0.3 is 6.18 Å². The fraction of sp³-hybridized carbons (Fsp3) is 0.656. The lowest BCUT2D eigenvalue weighted by Crippen LogP contribution is -2.44. The molecule has 5 rings (SSSR count). The number of likely N-dealkylation sites (tertiary alicyclic amines) is 1. The molecule has 3 fully saturated rings. The van der Waals surface area contributed by atoms with Crippen LogP contribution >= 0.6 is 0 Å². The molecule has 1 saturated heterocycles. The van der Waals surface area contributed by atoms with Crippen LogP contribution in [0.5, 0.6) is 0 Å². The molecule has 0 bridgehead atoms. The van der Waals surface area contributed by atoms with E-state index in [0.29, 0.717) is 12.1 Å². The van der Waals surface area contributed by atoms with Gasteiger partial charge in [0.2, 0.25) is 5.91 Å². The quantitative estimate of drug-likeness (QED) is 0.315. The number of halogens is 3. The lowest BCUT2D eigenvalue weighted by molar-refractivity contribution is -0.137. The van der Waals surface area contributed by atoms with Crippen molar-refractivity contribution in [2.24, 2.45) is 0 Å². The number of alkyl halides is 3. The highest BCUT2D eigenvalue weighted by molar-refractivity contribution is 5.94. The van der Waals surface area contributed by atoms with E-state index in [1.807, 2.05) is 0 Å². The summed E-state index contributed by atoms with van der Waals surface area (Å²) in [7, 11) is 0. The van der Waals surface area contributed by atoms with Crippen molar-refractivity contribution < 1.29 is 22.8 Å². The molecule has 2 aliphatic carbocycles. The number of hydrogen-bond acceptors (Lipinski definition) is 4. The first-order chi connectivity index (χ1) is 20.3. The van der Waals surface area contributed by atoms with E-state index in [9.17, 15) is 22.8 Å². The summed E-state index contributed by atoms with van der Waals surface area (Å²) < 4.78 is 43.5. The summed E-state index contributed by atoms with van der Waals surface area (Å²) >= 11 is 0. The minimum Gasteiger partial charge on any atom is -0.353 e. The van der Waals surface area contributed by atoms with Gasteiger partial charge in [-0.2, -0.15) is 18.3 Å². The molecular formula is C32H44F3N5O2. The Morgan fingerprint density at radius 3 is 2.33 bits per heavy atom. The standard InChI is InChI=1S/C32H44F3N5O2/c33-32(34,35)27-17-6-5-16-26(27)29-22-28(38-40(29)25-14-3-4-15-25)31(42)37-24(21-30(41)36-23-11-9-12-23)13-10-20-39-18-7-1-2-8-19-39/h5-6,16-17,22-25H,1-4,7-15,18-21H2,(H,36,41)(H,37,42)/t24-/m0/s1. The summed E-state index contributed by atoms with van der Waals surface area (Å²) in [4.78, 5) is 28.9. The molecule has 0 radical (unpaired) electrons. The first-order valence-electron chi connectivity index (χ1n) is 15.9. The SMILES string of the molecule is O=C(C[C@H](CCCN1CCCCCC1)NC(=O)c1cc(-c2ccccc2C(F)(F)F)n(C2CCCC2)n1)NC1CCC1. The molecule has 1 atom stereocenters. The van der Waals surface area contributed by atoms with Gasteiger partial charge in [-0.3, -0.25) is 14.3 Å². The molecule has 2 aromatic rings. The Labute approximate surface area is 246 Å². The molecule has 42 heavy (non-hydrogen) atoms. The zero-order chi connectivity index (χ0) is 29.5. The minimum absolute atomic E-state index is 0.0253. The van der Waals surface area contributed by atoms with Gasteiger partial charge in [0, 0.05) is 24.1 Å². The van der Waals surface area contributed by atoms with E-state index in [4.69, 9.17) is 0 Å². The molecule has 1 aliphatic heterocycles. The third kappa shape index (κ3) is 7.94. The zero-order valence-corrected chi connectivity index (χ0v) is 24.4. The molecule has 2 saturated carbocycles. The predicted molar refractivity (Wildman–Crippen MR) is 156 cm³/mol. The third-order valence-electron chi connectivity index (χ3n) is 9.11. The monoisotopic (exact) mass is 587 g/mol. The van der Waals surface area contributed by atoms with Crippen LogP contribution in [0, 0.1) is 0 Å². The largest absolute Gasteiger partial charge is 0.417 e. The first-order valence-corrected chi connectivity index (χ1v) is 15.9. The maximum absolute atomic E-state index is 13.9. The van der Waals surface area contributed by atoms with Crippen LogP contribution in [0.15, 0.2) is 30.3 Å². The van der Waals surface area contributed by atoms with Crippen LogP contribution in [0.2, 0.25) is 0 Å². The van der Waals surface area contributed by atoms with Crippen LogP contribution in [0.3, 0.4) is 0 Å². The van der Waals surface area contributed by atoms with E-state index in [2.05, 4.69) is 20.6 Å². The van der Waals surface area contributed by atoms with Crippen LogP contribution in [-0.4, -0.2) is 58.2 Å². The Morgan fingerprint density at radius 1 is 0.952 bits per heavy atom. The molecule has 10 heteroatoms. The number of carbonyl (C=O) groups excluding carboxylic acids is 2. The highest BCUT2D eigenvalue weighted by Crippen LogP contribution is 2.40. The summed E-state index contributed by atoms with van der Waals surface area (Å²) in [5.74, 6) is -0.523. The lowest BCUT2D eigenvalue weighted by Gasteiger charge is -2.28. The van der Waals surface area contributed by atoms with Crippen molar-refractivity contribution in [3.63, 3.8) is 0 Å². The summed E-state index contributed by atoms with van der Waals surface area (Å²) in [6.07, 6.45) is 8.72. The van der Waals surface area contributed by atoms with Gasteiger partial charge in [0.05, 0.1) is 17.3 Å². The molecule has 1 aromatic carbocycles. The van der Waals surface area contributed by atoms with Crippen molar-refractivity contribution in [2.45, 2.75) is 114 Å².